The van der Waals surface area contributed by atoms with Crippen LogP contribution in [-0.2, 0) is 11.2 Å². The molecule has 0 spiro atoms. The van der Waals surface area contributed by atoms with E-state index in [2.05, 4.69) is 18.7 Å². The van der Waals surface area contributed by atoms with Gasteiger partial charge in [-0.05, 0) is 91.4 Å². The van der Waals surface area contributed by atoms with Crippen molar-refractivity contribution in [2.45, 2.75) is 142 Å². The summed E-state index contributed by atoms with van der Waals surface area (Å²) in [6.45, 7) is 8.10. The molecule has 2 N–H and O–H groups in total. The molecule has 0 bridgehead atoms. The molecule has 0 radical (unpaired) electrons. The molecule has 0 saturated heterocycles. The maximum Gasteiger partial charge on any atom is 0.222 e. The fourth-order valence-electron chi connectivity index (χ4n) is 8.76. The number of hydrogen-bond donors (Lipinski definition) is 2. The molecule has 4 nitrogen and oxygen atoms in total. The van der Waals surface area contributed by atoms with Gasteiger partial charge in [0.15, 0.2) is 0 Å². The summed E-state index contributed by atoms with van der Waals surface area (Å²) in [7, 11) is 0. The molecule has 1 amide bonds. The summed E-state index contributed by atoms with van der Waals surface area (Å²) in [6.07, 6.45) is 15.3. The second kappa shape index (κ2) is 14.5. The Morgan fingerprint density at radius 3 is 2.38 bits per heavy atom. The van der Waals surface area contributed by atoms with Crippen LogP contribution in [0.15, 0.2) is 18.2 Å². The second-order valence-corrected chi connectivity index (χ2v) is 13.6. The number of aromatic hydroxyl groups is 1. The Morgan fingerprint density at radius 2 is 1.68 bits per heavy atom. The third-order valence-corrected chi connectivity index (χ3v) is 11.0. The van der Waals surface area contributed by atoms with Crippen molar-refractivity contribution >= 4 is 5.91 Å². The van der Waals surface area contributed by atoms with E-state index in [-0.39, 0.29) is 28.9 Å². The third-order valence-electron chi connectivity index (χ3n) is 11.0. The molecule has 7 atom stereocenters. The van der Waals surface area contributed by atoms with Crippen molar-refractivity contribution in [3.8, 4) is 5.75 Å². The largest absolute Gasteiger partial charge is 0.508 e. The minimum atomic E-state index is -0.946. The Morgan fingerprint density at radius 1 is 1.00 bits per heavy atom. The summed E-state index contributed by atoms with van der Waals surface area (Å²) in [5.41, 5.74) is 1.90. The highest BCUT2D eigenvalue weighted by molar-refractivity contribution is 5.75. The maximum absolute atomic E-state index is 15.9. The van der Waals surface area contributed by atoms with E-state index in [0.29, 0.717) is 24.7 Å². The predicted molar refractivity (Wildman–Crippen MR) is 161 cm³/mol. The number of amides is 1. The van der Waals surface area contributed by atoms with E-state index < -0.39 is 12.3 Å². The quantitative estimate of drug-likeness (QED) is 0.213. The topological polar surface area (TPSA) is 60.8 Å². The summed E-state index contributed by atoms with van der Waals surface area (Å²) < 4.78 is 15.9. The van der Waals surface area contributed by atoms with E-state index in [1.807, 2.05) is 19.1 Å². The number of unbranched alkanes of at least 4 members (excludes halogenated alkanes) is 8. The molecular weight excluding hydrogens is 501 g/mol. The van der Waals surface area contributed by atoms with Gasteiger partial charge in [-0.2, -0.15) is 0 Å². The van der Waals surface area contributed by atoms with Gasteiger partial charge in [-0.3, -0.25) is 4.79 Å². The van der Waals surface area contributed by atoms with E-state index in [1.165, 1.54) is 32.1 Å². The van der Waals surface area contributed by atoms with Crippen LogP contribution in [0.1, 0.15) is 134 Å². The van der Waals surface area contributed by atoms with Crippen LogP contribution in [-0.4, -0.2) is 46.4 Å². The van der Waals surface area contributed by atoms with Gasteiger partial charge in [0.25, 0.3) is 0 Å². The molecular formula is C35H56FNO3. The molecule has 0 unspecified atom stereocenters. The number of rotatable bonds is 15. The number of phenols is 1. The SMILES string of the molecule is CCCCCCCCN(CCCCCC[C@@H]1Cc2cc(O)ccc2[C@@H]2[C@@H]1[C@@H]1CC[C@H](O)[C@@]1(C)C[C@@H]2F)C(=O)CC. The third kappa shape index (κ3) is 7.05. The lowest BCUT2D eigenvalue weighted by atomic mass is 9.51. The molecule has 0 aliphatic heterocycles. The molecule has 0 aromatic heterocycles. The van der Waals surface area contributed by atoms with E-state index >= 15 is 4.39 Å². The first-order chi connectivity index (χ1) is 19.3. The Kier molecular flexibility index (Phi) is 11.4. The smallest absolute Gasteiger partial charge is 0.222 e. The van der Waals surface area contributed by atoms with Crippen molar-refractivity contribution in [2.75, 3.05) is 13.1 Å². The summed E-state index contributed by atoms with van der Waals surface area (Å²) >= 11 is 0. The number of carbonyl (C=O) groups is 1. The first-order valence-corrected chi connectivity index (χ1v) is 16.7. The van der Waals surface area contributed by atoms with Crippen LogP contribution in [0.2, 0.25) is 0 Å². The highest BCUT2D eigenvalue weighted by atomic mass is 19.1. The summed E-state index contributed by atoms with van der Waals surface area (Å²) in [6, 6.07) is 5.55. The maximum atomic E-state index is 15.9. The summed E-state index contributed by atoms with van der Waals surface area (Å²) in [4.78, 5) is 14.6. The van der Waals surface area contributed by atoms with Crippen molar-refractivity contribution in [3.05, 3.63) is 29.3 Å². The number of halogens is 1. The Hall–Kier alpha value is -1.62. The van der Waals surface area contributed by atoms with Gasteiger partial charge in [0.2, 0.25) is 5.91 Å². The molecule has 0 heterocycles. The Labute approximate surface area is 243 Å². The van der Waals surface area contributed by atoms with Gasteiger partial charge in [-0.1, -0.05) is 78.2 Å². The number of carbonyl (C=O) groups excluding carboxylic acids is 1. The lowest BCUT2D eigenvalue weighted by Crippen LogP contribution is -2.51. The van der Waals surface area contributed by atoms with E-state index in [1.54, 1.807) is 6.07 Å². The average Bonchev–Trinajstić information content (AvgIpc) is 3.23. The number of nitrogens with zero attached hydrogens (tertiary/aromatic N) is 1. The van der Waals surface area contributed by atoms with E-state index in [0.717, 1.165) is 82.0 Å². The average molecular weight is 558 g/mol. The van der Waals surface area contributed by atoms with Gasteiger partial charge in [0.1, 0.15) is 11.9 Å². The molecule has 5 heteroatoms. The molecule has 40 heavy (non-hydrogen) atoms. The van der Waals surface area contributed by atoms with Gasteiger partial charge in [0, 0.05) is 25.4 Å². The minimum absolute atomic E-state index is 0.117. The molecule has 2 saturated carbocycles. The molecule has 226 valence electrons. The van der Waals surface area contributed by atoms with E-state index in [9.17, 15) is 15.0 Å². The number of fused-ring (bicyclic) bond motifs is 5. The fourth-order valence-corrected chi connectivity index (χ4v) is 8.76. The second-order valence-electron chi connectivity index (χ2n) is 13.6. The Bertz CT molecular complexity index is 953. The van der Waals surface area contributed by atoms with Crippen LogP contribution in [0.25, 0.3) is 0 Å². The van der Waals surface area contributed by atoms with Gasteiger partial charge in [-0.25, -0.2) is 4.39 Å². The zero-order valence-electron chi connectivity index (χ0n) is 25.6. The molecule has 4 rings (SSSR count). The molecule has 2 fully saturated rings. The first-order valence-electron chi connectivity index (χ1n) is 16.7. The summed E-state index contributed by atoms with van der Waals surface area (Å²) in [5, 5.41) is 21.0. The summed E-state index contributed by atoms with van der Waals surface area (Å²) in [5.74, 6) is 1.45. The lowest BCUT2D eigenvalue weighted by molar-refractivity contribution is -0.131. The zero-order valence-corrected chi connectivity index (χ0v) is 25.6. The fraction of sp³-hybridized carbons (Fsp3) is 0.800. The van der Waals surface area contributed by atoms with Crippen molar-refractivity contribution in [1.82, 2.24) is 4.90 Å². The number of benzene rings is 1. The number of hydrogen-bond acceptors (Lipinski definition) is 3. The number of alkyl halides is 1. The highest BCUT2D eigenvalue weighted by Crippen LogP contribution is 2.63. The van der Waals surface area contributed by atoms with Crippen LogP contribution >= 0.6 is 0 Å². The van der Waals surface area contributed by atoms with Crippen LogP contribution in [0.5, 0.6) is 5.75 Å². The van der Waals surface area contributed by atoms with Gasteiger partial charge >= 0.3 is 0 Å². The van der Waals surface area contributed by atoms with Crippen molar-refractivity contribution in [3.63, 3.8) is 0 Å². The molecule has 3 aliphatic carbocycles. The van der Waals surface area contributed by atoms with Gasteiger partial charge in [0.05, 0.1) is 6.10 Å². The van der Waals surface area contributed by atoms with Crippen molar-refractivity contribution in [2.24, 2.45) is 23.2 Å². The predicted octanol–water partition coefficient (Wildman–Crippen LogP) is 8.33. The van der Waals surface area contributed by atoms with Gasteiger partial charge in [-0.15, -0.1) is 0 Å². The van der Waals surface area contributed by atoms with Crippen LogP contribution in [0, 0.1) is 23.2 Å². The van der Waals surface area contributed by atoms with Gasteiger partial charge < -0.3 is 15.1 Å². The normalized spacial score (nSPS) is 30.9. The number of aliphatic hydroxyl groups is 1. The molecule has 1 aromatic rings. The van der Waals surface area contributed by atoms with Crippen molar-refractivity contribution in [1.29, 1.82) is 0 Å². The van der Waals surface area contributed by atoms with E-state index in [4.69, 9.17) is 0 Å². The van der Waals surface area contributed by atoms with Crippen LogP contribution < -0.4 is 0 Å². The Balaban J connectivity index is 1.30. The number of aliphatic hydroxyl groups excluding tert-OH is 1. The first kappa shape index (κ1) is 31.3. The zero-order chi connectivity index (χ0) is 28.7. The monoisotopic (exact) mass is 557 g/mol. The highest BCUT2D eigenvalue weighted by Gasteiger charge is 2.59. The van der Waals surface area contributed by atoms with Crippen molar-refractivity contribution < 1.29 is 19.4 Å². The number of phenolic OH excluding ortho intramolecular Hbond substituents is 1. The molecule has 1 aromatic carbocycles. The molecule has 3 aliphatic rings. The lowest BCUT2D eigenvalue weighted by Gasteiger charge is -2.54. The standard InChI is InChI=1S/C35H56FNO3/c1-4-6-7-8-10-13-20-37(32(40)5-2)21-14-11-9-12-15-25-22-26-23-27(38)16-17-28(26)34-30(36)24-35(3)29(33(25)34)18-19-31(35)39/h16-17,23,25,29-31,33-34,38-39H,4-15,18-22,24H2,1-3H3/t25-,29+,30+,31+,33+,34+,35+/m1/s1. The minimum Gasteiger partial charge on any atom is -0.508 e. The van der Waals surface area contributed by atoms with Crippen LogP contribution in [0.4, 0.5) is 4.39 Å². The van der Waals surface area contributed by atoms with Crippen LogP contribution in [0.3, 0.4) is 0 Å².